The van der Waals surface area contributed by atoms with Crippen LogP contribution >= 0.6 is 34.8 Å². The molecule has 0 atom stereocenters. The first-order valence-electron chi connectivity index (χ1n) is 9.85. The summed E-state index contributed by atoms with van der Waals surface area (Å²) in [6, 6.07) is 17.5. The van der Waals surface area contributed by atoms with Crippen molar-refractivity contribution in [2.75, 3.05) is 5.32 Å². The van der Waals surface area contributed by atoms with E-state index in [0.717, 1.165) is 16.7 Å². The number of hydrazone groups is 1. The van der Waals surface area contributed by atoms with E-state index in [9.17, 15) is 9.59 Å². The van der Waals surface area contributed by atoms with Crippen molar-refractivity contribution in [1.29, 1.82) is 0 Å². The SMILES string of the molecule is Cc1ccc(NC(=O)CC(=O)NN=Cc2ccc(OCc3ccc(Cl)cc3Cl)cc2)cc1Cl. The van der Waals surface area contributed by atoms with Crippen molar-refractivity contribution in [3.8, 4) is 5.75 Å². The van der Waals surface area contributed by atoms with E-state index in [2.05, 4.69) is 15.8 Å². The van der Waals surface area contributed by atoms with E-state index in [1.807, 2.05) is 13.0 Å². The molecule has 0 saturated heterocycles. The van der Waals surface area contributed by atoms with Gasteiger partial charge in [0.05, 0.1) is 6.21 Å². The zero-order valence-electron chi connectivity index (χ0n) is 17.6. The minimum Gasteiger partial charge on any atom is -0.489 e. The highest BCUT2D eigenvalue weighted by molar-refractivity contribution is 6.35. The number of carbonyl (C=O) groups excluding carboxylic acids is 2. The van der Waals surface area contributed by atoms with Gasteiger partial charge < -0.3 is 10.1 Å². The molecule has 0 heterocycles. The lowest BCUT2D eigenvalue weighted by Gasteiger charge is -2.08. The van der Waals surface area contributed by atoms with Crippen LogP contribution in [0.5, 0.6) is 5.75 Å². The molecule has 0 aromatic heterocycles. The highest BCUT2D eigenvalue weighted by Crippen LogP contribution is 2.23. The Morgan fingerprint density at radius 3 is 2.39 bits per heavy atom. The van der Waals surface area contributed by atoms with Crippen molar-refractivity contribution in [2.24, 2.45) is 5.10 Å². The first-order chi connectivity index (χ1) is 15.8. The van der Waals surface area contributed by atoms with E-state index in [1.54, 1.807) is 54.6 Å². The van der Waals surface area contributed by atoms with Crippen LogP contribution in [0, 0.1) is 6.92 Å². The number of anilines is 1. The Bertz CT molecular complexity index is 1180. The first kappa shape index (κ1) is 24.6. The summed E-state index contributed by atoms with van der Waals surface area (Å²) in [5.41, 5.74) is 5.31. The topological polar surface area (TPSA) is 79.8 Å². The quantitative estimate of drug-likeness (QED) is 0.224. The lowest BCUT2D eigenvalue weighted by Crippen LogP contribution is -2.24. The number of carbonyl (C=O) groups is 2. The Labute approximate surface area is 206 Å². The van der Waals surface area contributed by atoms with Crippen LogP contribution in [0.15, 0.2) is 65.8 Å². The van der Waals surface area contributed by atoms with Gasteiger partial charge in [-0.05, 0) is 66.6 Å². The van der Waals surface area contributed by atoms with E-state index < -0.39 is 11.8 Å². The minimum absolute atomic E-state index is 0.302. The van der Waals surface area contributed by atoms with Crippen LogP contribution in [0.2, 0.25) is 15.1 Å². The van der Waals surface area contributed by atoms with Crippen molar-refractivity contribution >= 4 is 58.5 Å². The predicted octanol–water partition coefficient (Wildman–Crippen LogP) is 6.01. The fraction of sp³-hybridized carbons (Fsp3) is 0.125. The number of aryl methyl sites for hydroxylation is 1. The molecule has 0 fully saturated rings. The molecule has 0 radical (unpaired) electrons. The van der Waals surface area contributed by atoms with Crippen LogP contribution < -0.4 is 15.5 Å². The van der Waals surface area contributed by atoms with Crippen LogP contribution in [0.1, 0.15) is 23.1 Å². The lowest BCUT2D eigenvalue weighted by molar-refractivity contribution is -0.126. The second-order valence-electron chi connectivity index (χ2n) is 7.08. The Morgan fingerprint density at radius 2 is 1.70 bits per heavy atom. The van der Waals surface area contributed by atoms with Gasteiger partial charge in [0.15, 0.2) is 0 Å². The van der Waals surface area contributed by atoms with Gasteiger partial charge in [-0.1, -0.05) is 46.9 Å². The van der Waals surface area contributed by atoms with Gasteiger partial charge >= 0.3 is 0 Å². The number of amides is 2. The van der Waals surface area contributed by atoms with Gasteiger partial charge in [-0.3, -0.25) is 9.59 Å². The van der Waals surface area contributed by atoms with Gasteiger partial charge in [0.2, 0.25) is 11.8 Å². The molecule has 3 aromatic rings. The largest absolute Gasteiger partial charge is 0.489 e. The molecule has 9 heteroatoms. The fourth-order valence-electron chi connectivity index (χ4n) is 2.69. The number of benzene rings is 3. The van der Waals surface area contributed by atoms with Gasteiger partial charge in [0.1, 0.15) is 18.8 Å². The molecule has 33 heavy (non-hydrogen) atoms. The summed E-state index contributed by atoms with van der Waals surface area (Å²) in [7, 11) is 0. The van der Waals surface area contributed by atoms with Crippen molar-refractivity contribution in [3.05, 3.63) is 92.4 Å². The molecule has 0 bridgehead atoms. The number of hydrogen-bond acceptors (Lipinski definition) is 4. The zero-order chi connectivity index (χ0) is 23.8. The maximum absolute atomic E-state index is 12.0. The van der Waals surface area contributed by atoms with Crippen LogP contribution in [0.3, 0.4) is 0 Å². The van der Waals surface area contributed by atoms with E-state index in [-0.39, 0.29) is 6.42 Å². The second-order valence-corrected chi connectivity index (χ2v) is 8.33. The minimum atomic E-state index is -0.540. The first-order valence-corrected chi connectivity index (χ1v) is 11.0. The number of rotatable bonds is 8. The molecule has 0 unspecified atom stereocenters. The van der Waals surface area contributed by atoms with Crippen LogP contribution in [0.25, 0.3) is 0 Å². The Morgan fingerprint density at radius 1 is 0.939 bits per heavy atom. The Balaban J connectivity index is 1.44. The van der Waals surface area contributed by atoms with Gasteiger partial charge in [0.25, 0.3) is 0 Å². The van der Waals surface area contributed by atoms with E-state index >= 15 is 0 Å². The van der Waals surface area contributed by atoms with Crippen LogP contribution in [-0.4, -0.2) is 18.0 Å². The van der Waals surface area contributed by atoms with Crippen LogP contribution in [0.4, 0.5) is 5.69 Å². The van der Waals surface area contributed by atoms with Gasteiger partial charge in [0, 0.05) is 26.3 Å². The van der Waals surface area contributed by atoms with E-state index in [4.69, 9.17) is 39.5 Å². The van der Waals surface area contributed by atoms with Crippen molar-refractivity contribution in [2.45, 2.75) is 20.0 Å². The number of nitrogens with zero attached hydrogens (tertiary/aromatic N) is 1. The van der Waals surface area contributed by atoms with E-state index in [0.29, 0.717) is 33.1 Å². The molecule has 170 valence electrons. The summed E-state index contributed by atoms with van der Waals surface area (Å²) in [6.07, 6.45) is 1.10. The third kappa shape index (κ3) is 7.79. The Kier molecular flexibility index (Phi) is 8.72. The van der Waals surface area contributed by atoms with Crippen molar-refractivity contribution in [1.82, 2.24) is 5.43 Å². The molecule has 2 N–H and O–H groups in total. The van der Waals surface area contributed by atoms with Crippen molar-refractivity contribution in [3.63, 3.8) is 0 Å². The summed E-state index contributed by atoms with van der Waals surface area (Å²) in [6.45, 7) is 2.16. The number of halogens is 3. The van der Waals surface area contributed by atoms with Gasteiger partial charge in [-0.15, -0.1) is 0 Å². The Hall–Kier alpha value is -3.06. The fourth-order valence-corrected chi connectivity index (χ4v) is 3.33. The summed E-state index contributed by atoms with van der Waals surface area (Å²) in [5.74, 6) is -0.359. The molecule has 0 aliphatic heterocycles. The average Bonchev–Trinajstić information content (AvgIpc) is 2.76. The maximum Gasteiger partial charge on any atom is 0.249 e. The highest BCUT2D eigenvalue weighted by atomic mass is 35.5. The summed E-state index contributed by atoms with van der Waals surface area (Å²) >= 11 is 18.1. The third-order valence-electron chi connectivity index (χ3n) is 4.47. The summed E-state index contributed by atoms with van der Waals surface area (Å²) in [4.78, 5) is 23.9. The number of nitrogens with one attached hydrogen (secondary N) is 2. The van der Waals surface area contributed by atoms with Crippen molar-refractivity contribution < 1.29 is 14.3 Å². The highest BCUT2D eigenvalue weighted by Gasteiger charge is 2.09. The van der Waals surface area contributed by atoms with Crippen LogP contribution in [-0.2, 0) is 16.2 Å². The standard InChI is InChI=1S/C24H20Cl3N3O3/c1-15-2-7-19(11-21(15)26)29-23(31)12-24(32)30-28-13-16-3-8-20(9-4-16)33-14-17-5-6-18(25)10-22(17)27/h2-11,13H,12,14H2,1H3,(H,29,31)(H,30,32). The third-order valence-corrected chi connectivity index (χ3v) is 5.46. The molecule has 6 nitrogen and oxygen atoms in total. The normalized spacial score (nSPS) is 10.8. The predicted molar refractivity (Wildman–Crippen MR) is 132 cm³/mol. The molecule has 0 aliphatic rings. The molecular weight excluding hydrogens is 485 g/mol. The number of ether oxygens (including phenoxy) is 1. The average molecular weight is 505 g/mol. The maximum atomic E-state index is 12.0. The molecule has 3 rings (SSSR count). The van der Waals surface area contributed by atoms with Gasteiger partial charge in [-0.2, -0.15) is 5.10 Å². The van der Waals surface area contributed by atoms with E-state index in [1.165, 1.54) is 6.21 Å². The lowest BCUT2D eigenvalue weighted by atomic mass is 10.2. The summed E-state index contributed by atoms with van der Waals surface area (Å²) < 4.78 is 5.72. The molecule has 0 aliphatic carbocycles. The molecule has 3 aromatic carbocycles. The zero-order valence-corrected chi connectivity index (χ0v) is 19.8. The molecular formula is C24H20Cl3N3O3. The molecule has 0 spiro atoms. The second kappa shape index (κ2) is 11.7. The smallest absolute Gasteiger partial charge is 0.249 e. The monoisotopic (exact) mass is 503 g/mol. The molecule has 2 amide bonds. The molecule has 0 saturated carbocycles. The summed E-state index contributed by atoms with van der Waals surface area (Å²) in [5, 5.41) is 8.13. The number of hydrogen-bond donors (Lipinski definition) is 2. The van der Waals surface area contributed by atoms with Gasteiger partial charge in [-0.25, -0.2) is 5.43 Å².